The zero-order chi connectivity index (χ0) is 21.0. The van der Waals surface area contributed by atoms with Gasteiger partial charge in [-0.15, -0.1) is 0 Å². The molecule has 1 aromatic rings. The second-order valence-electron chi connectivity index (χ2n) is 8.34. The van der Waals surface area contributed by atoms with E-state index in [0.29, 0.717) is 69.2 Å². The van der Waals surface area contributed by atoms with Gasteiger partial charge in [0.15, 0.2) is 11.5 Å². The van der Waals surface area contributed by atoms with Gasteiger partial charge in [0.2, 0.25) is 0 Å². The summed E-state index contributed by atoms with van der Waals surface area (Å²) in [6, 6.07) is 5.31. The van der Waals surface area contributed by atoms with Crippen LogP contribution in [-0.4, -0.2) is 62.4 Å². The minimum Gasteiger partial charge on any atom is -0.486 e. The van der Waals surface area contributed by atoms with Crippen molar-refractivity contribution in [2.45, 2.75) is 51.6 Å². The SMILES string of the molecule is CCOC(=O)C1(C[C@H]2CCCCO2)CCN(C(=O)c2ccc3c(c2)OCCO3)CC1. The Balaban J connectivity index is 1.44. The Morgan fingerprint density at radius 2 is 1.87 bits per heavy atom. The van der Waals surface area contributed by atoms with Crippen LogP contribution in [-0.2, 0) is 14.3 Å². The molecule has 0 N–H and O–H groups in total. The molecule has 0 unspecified atom stereocenters. The van der Waals surface area contributed by atoms with Crippen LogP contribution >= 0.6 is 0 Å². The van der Waals surface area contributed by atoms with Gasteiger partial charge in [-0.3, -0.25) is 9.59 Å². The summed E-state index contributed by atoms with van der Waals surface area (Å²) in [5.74, 6) is 1.09. The van der Waals surface area contributed by atoms with Gasteiger partial charge in [-0.25, -0.2) is 0 Å². The minimum absolute atomic E-state index is 0.0432. The molecule has 2 saturated heterocycles. The Hall–Kier alpha value is -2.28. The lowest BCUT2D eigenvalue weighted by atomic mass is 9.73. The second kappa shape index (κ2) is 9.25. The Labute approximate surface area is 177 Å². The van der Waals surface area contributed by atoms with Gasteiger partial charge >= 0.3 is 5.97 Å². The van der Waals surface area contributed by atoms with Crippen molar-refractivity contribution >= 4 is 11.9 Å². The van der Waals surface area contributed by atoms with Crippen molar-refractivity contribution < 1.29 is 28.5 Å². The molecule has 7 heteroatoms. The molecule has 0 aromatic heterocycles. The van der Waals surface area contributed by atoms with Crippen LogP contribution in [0, 0.1) is 5.41 Å². The molecular weight excluding hydrogens is 386 g/mol. The maximum Gasteiger partial charge on any atom is 0.312 e. The summed E-state index contributed by atoms with van der Waals surface area (Å²) in [5.41, 5.74) is 0.0141. The summed E-state index contributed by atoms with van der Waals surface area (Å²) in [7, 11) is 0. The lowest BCUT2D eigenvalue weighted by Gasteiger charge is -2.42. The highest BCUT2D eigenvalue weighted by atomic mass is 16.6. The van der Waals surface area contributed by atoms with E-state index in [9.17, 15) is 9.59 Å². The first-order chi connectivity index (χ1) is 14.6. The van der Waals surface area contributed by atoms with Crippen LogP contribution in [0.5, 0.6) is 11.5 Å². The molecule has 3 heterocycles. The number of esters is 1. The fraction of sp³-hybridized carbons (Fsp3) is 0.652. The summed E-state index contributed by atoms with van der Waals surface area (Å²) in [5, 5.41) is 0. The maximum absolute atomic E-state index is 13.1. The summed E-state index contributed by atoms with van der Waals surface area (Å²) >= 11 is 0. The first kappa shape index (κ1) is 21.0. The zero-order valence-electron chi connectivity index (χ0n) is 17.7. The van der Waals surface area contributed by atoms with Gasteiger partial charge < -0.3 is 23.8 Å². The number of ether oxygens (including phenoxy) is 4. The lowest BCUT2D eigenvalue weighted by Crippen LogP contribution is -2.49. The molecule has 1 aromatic carbocycles. The number of fused-ring (bicyclic) bond motifs is 1. The molecule has 7 nitrogen and oxygen atoms in total. The quantitative estimate of drug-likeness (QED) is 0.685. The molecule has 0 radical (unpaired) electrons. The van der Waals surface area contributed by atoms with Gasteiger partial charge in [0.25, 0.3) is 5.91 Å². The Bertz CT molecular complexity index is 765. The zero-order valence-corrected chi connectivity index (χ0v) is 17.7. The van der Waals surface area contributed by atoms with Crippen LogP contribution in [0.15, 0.2) is 18.2 Å². The summed E-state index contributed by atoms with van der Waals surface area (Å²) < 4.78 is 22.5. The van der Waals surface area contributed by atoms with Crippen molar-refractivity contribution in [3.63, 3.8) is 0 Å². The van der Waals surface area contributed by atoms with Crippen molar-refractivity contribution in [3.05, 3.63) is 23.8 Å². The monoisotopic (exact) mass is 417 g/mol. The summed E-state index contributed by atoms with van der Waals surface area (Å²) in [4.78, 5) is 27.8. The van der Waals surface area contributed by atoms with Crippen LogP contribution in [0.25, 0.3) is 0 Å². The molecule has 1 amide bonds. The topological polar surface area (TPSA) is 74.3 Å². The molecule has 164 valence electrons. The van der Waals surface area contributed by atoms with Crippen molar-refractivity contribution in [2.24, 2.45) is 5.41 Å². The fourth-order valence-electron chi connectivity index (χ4n) is 4.68. The minimum atomic E-state index is -0.568. The number of rotatable bonds is 5. The van der Waals surface area contributed by atoms with Gasteiger partial charge in [0, 0.05) is 25.3 Å². The Kier molecular flexibility index (Phi) is 6.46. The van der Waals surface area contributed by atoms with E-state index in [1.54, 1.807) is 18.2 Å². The smallest absolute Gasteiger partial charge is 0.312 e. The van der Waals surface area contributed by atoms with E-state index in [1.165, 1.54) is 0 Å². The van der Waals surface area contributed by atoms with E-state index in [0.717, 1.165) is 25.9 Å². The highest BCUT2D eigenvalue weighted by Gasteiger charge is 2.45. The van der Waals surface area contributed by atoms with Gasteiger partial charge in [0.05, 0.1) is 18.1 Å². The van der Waals surface area contributed by atoms with Crippen LogP contribution in [0.3, 0.4) is 0 Å². The molecule has 2 fully saturated rings. The molecule has 3 aliphatic rings. The number of piperidine rings is 1. The van der Waals surface area contributed by atoms with Crippen molar-refractivity contribution in [3.8, 4) is 11.5 Å². The highest BCUT2D eigenvalue weighted by Crippen LogP contribution is 2.40. The van der Waals surface area contributed by atoms with E-state index < -0.39 is 5.41 Å². The standard InChI is InChI=1S/C23H31NO6/c1-2-27-22(26)23(16-18-5-3-4-12-28-18)8-10-24(11-9-23)21(25)17-6-7-19-20(15-17)30-14-13-29-19/h6-7,15,18H,2-5,8-14,16H2,1H3/t18-/m1/s1. The van der Waals surface area contributed by atoms with Crippen molar-refractivity contribution in [1.82, 2.24) is 4.90 Å². The van der Waals surface area contributed by atoms with E-state index in [4.69, 9.17) is 18.9 Å². The number of carbonyl (C=O) groups excluding carboxylic acids is 2. The van der Waals surface area contributed by atoms with Gasteiger partial charge in [-0.1, -0.05) is 0 Å². The van der Waals surface area contributed by atoms with E-state index in [1.807, 2.05) is 11.8 Å². The van der Waals surface area contributed by atoms with Gasteiger partial charge in [-0.05, 0) is 63.6 Å². The van der Waals surface area contributed by atoms with Crippen LogP contribution in [0.1, 0.15) is 55.8 Å². The number of nitrogens with zero attached hydrogens (tertiary/aromatic N) is 1. The van der Waals surface area contributed by atoms with E-state index in [2.05, 4.69) is 0 Å². The number of hydrogen-bond donors (Lipinski definition) is 0. The Morgan fingerprint density at radius 1 is 1.10 bits per heavy atom. The first-order valence-electron chi connectivity index (χ1n) is 11.1. The average Bonchev–Trinajstić information content (AvgIpc) is 2.79. The van der Waals surface area contributed by atoms with E-state index >= 15 is 0 Å². The third-order valence-corrected chi connectivity index (χ3v) is 6.40. The lowest BCUT2D eigenvalue weighted by molar-refractivity contribution is -0.162. The molecule has 4 rings (SSSR count). The third kappa shape index (κ3) is 4.41. The largest absolute Gasteiger partial charge is 0.486 e. The third-order valence-electron chi connectivity index (χ3n) is 6.40. The van der Waals surface area contributed by atoms with Crippen molar-refractivity contribution in [2.75, 3.05) is 39.5 Å². The number of hydrogen-bond acceptors (Lipinski definition) is 6. The van der Waals surface area contributed by atoms with E-state index in [-0.39, 0.29) is 18.0 Å². The average molecular weight is 418 g/mol. The summed E-state index contributed by atoms with van der Waals surface area (Å²) in [6.45, 7) is 5.03. The molecular formula is C23H31NO6. The number of benzene rings is 1. The molecule has 30 heavy (non-hydrogen) atoms. The van der Waals surface area contributed by atoms with Crippen LogP contribution in [0.2, 0.25) is 0 Å². The fourth-order valence-corrected chi connectivity index (χ4v) is 4.68. The molecule has 0 spiro atoms. The summed E-state index contributed by atoms with van der Waals surface area (Å²) in [6.07, 6.45) is 5.19. The van der Waals surface area contributed by atoms with Gasteiger partial charge in [0.1, 0.15) is 13.2 Å². The number of likely N-dealkylation sites (tertiary alicyclic amines) is 1. The molecule has 1 atom stereocenters. The Morgan fingerprint density at radius 3 is 2.57 bits per heavy atom. The van der Waals surface area contributed by atoms with Crippen LogP contribution < -0.4 is 9.47 Å². The first-order valence-corrected chi connectivity index (χ1v) is 11.1. The molecule has 0 aliphatic carbocycles. The highest BCUT2D eigenvalue weighted by molar-refractivity contribution is 5.95. The predicted molar refractivity (Wildman–Crippen MR) is 110 cm³/mol. The number of carbonyl (C=O) groups is 2. The number of amides is 1. The maximum atomic E-state index is 13.1. The molecule has 0 bridgehead atoms. The molecule has 0 saturated carbocycles. The van der Waals surface area contributed by atoms with Crippen LogP contribution in [0.4, 0.5) is 0 Å². The predicted octanol–water partition coefficient (Wildman–Crippen LogP) is 3.20. The second-order valence-corrected chi connectivity index (χ2v) is 8.34. The normalized spacial score (nSPS) is 23.0. The molecule has 3 aliphatic heterocycles. The van der Waals surface area contributed by atoms with Crippen molar-refractivity contribution in [1.29, 1.82) is 0 Å². The van der Waals surface area contributed by atoms with Gasteiger partial charge in [-0.2, -0.15) is 0 Å².